The van der Waals surface area contributed by atoms with Crippen LogP contribution in [-0.2, 0) is 16.0 Å². The standard InChI is InChI=1S/C12H13O3/c1-3-11(13)15-8-7-10-6-4-5-9(2)12(10)14/h3,5-6,14H,1,7-8H2,2H3. The molecular weight excluding hydrogens is 192 g/mol. The molecule has 0 aliphatic rings. The van der Waals surface area contributed by atoms with Gasteiger partial charge in [0.15, 0.2) is 0 Å². The number of aryl methyl sites for hydroxylation is 1. The number of phenolic OH excluding ortho intramolecular Hbond substituents is 1. The Balaban J connectivity index is 2.54. The van der Waals surface area contributed by atoms with Gasteiger partial charge in [-0.2, -0.15) is 0 Å². The molecule has 1 rings (SSSR count). The molecule has 0 spiro atoms. The van der Waals surface area contributed by atoms with E-state index >= 15 is 0 Å². The van der Waals surface area contributed by atoms with E-state index in [9.17, 15) is 9.90 Å². The number of hydrogen-bond acceptors (Lipinski definition) is 3. The molecule has 0 bridgehead atoms. The Hall–Kier alpha value is -1.77. The lowest BCUT2D eigenvalue weighted by atomic mass is 10.1. The minimum absolute atomic E-state index is 0.232. The van der Waals surface area contributed by atoms with Gasteiger partial charge in [-0.15, -0.1) is 0 Å². The molecule has 0 aliphatic carbocycles. The molecule has 1 aromatic carbocycles. The second-order valence-corrected chi connectivity index (χ2v) is 3.13. The Kier molecular flexibility index (Phi) is 3.92. The van der Waals surface area contributed by atoms with Gasteiger partial charge in [0, 0.05) is 12.5 Å². The second-order valence-electron chi connectivity index (χ2n) is 3.13. The van der Waals surface area contributed by atoms with Crippen LogP contribution in [0.25, 0.3) is 0 Å². The quantitative estimate of drug-likeness (QED) is 0.602. The summed E-state index contributed by atoms with van der Waals surface area (Å²) < 4.78 is 4.81. The van der Waals surface area contributed by atoms with E-state index in [4.69, 9.17) is 4.74 Å². The molecule has 0 atom stereocenters. The number of ether oxygens (including phenoxy) is 1. The van der Waals surface area contributed by atoms with Gasteiger partial charge in [0.1, 0.15) is 5.75 Å². The molecule has 1 radical (unpaired) electrons. The molecule has 0 saturated heterocycles. The van der Waals surface area contributed by atoms with Gasteiger partial charge in [0.25, 0.3) is 0 Å². The summed E-state index contributed by atoms with van der Waals surface area (Å²) in [6, 6.07) is 6.29. The van der Waals surface area contributed by atoms with Gasteiger partial charge in [0.2, 0.25) is 0 Å². The van der Waals surface area contributed by atoms with Gasteiger partial charge in [0.05, 0.1) is 6.61 Å². The maximum atomic E-state index is 10.7. The summed E-state index contributed by atoms with van der Waals surface area (Å²) in [5.74, 6) is -0.213. The molecule has 3 heteroatoms. The fourth-order valence-electron chi connectivity index (χ4n) is 1.17. The van der Waals surface area contributed by atoms with E-state index in [1.807, 2.05) is 0 Å². The van der Waals surface area contributed by atoms with Crippen LogP contribution in [0.2, 0.25) is 0 Å². The van der Waals surface area contributed by atoms with Crippen molar-refractivity contribution in [1.29, 1.82) is 0 Å². The van der Waals surface area contributed by atoms with E-state index in [0.29, 0.717) is 6.42 Å². The molecule has 0 aliphatic heterocycles. The minimum Gasteiger partial charge on any atom is -0.507 e. The van der Waals surface area contributed by atoms with Gasteiger partial charge < -0.3 is 9.84 Å². The van der Waals surface area contributed by atoms with Gasteiger partial charge in [-0.05, 0) is 36.2 Å². The van der Waals surface area contributed by atoms with Crippen molar-refractivity contribution in [2.75, 3.05) is 6.61 Å². The molecule has 1 N–H and O–H groups in total. The van der Waals surface area contributed by atoms with Crippen LogP contribution < -0.4 is 0 Å². The summed E-state index contributed by atoms with van der Waals surface area (Å²) in [4.78, 5) is 10.7. The third kappa shape index (κ3) is 3.13. The highest BCUT2D eigenvalue weighted by Crippen LogP contribution is 2.21. The first-order chi connectivity index (χ1) is 7.15. The molecular formula is C12H13O3. The third-order valence-electron chi connectivity index (χ3n) is 2.02. The first kappa shape index (κ1) is 11.3. The minimum atomic E-state index is -0.453. The Bertz CT molecular complexity index is 369. The molecule has 0 amide bonds. The van der Waals surface area contributed by atoms with Crippen molar-refractivity contribution in [2.45, 2.75) is 13.3 Å². The van der Waals surface area contributed by atoms with E-state index in [0.717, 1.165) is 17.2 Å². The van der Waals surface area contributed by atoms with Crippen LogP contribution in [0.3, 0.4) is 0 Å². The van der Waals surface area contributed by atoms with Crippen molar-refractivity contribution in [1.82, 2.24) is 0 Å². The van der Waals surface area contributed by atoms with Crippen LogP contribution in [0.15, 0.2) is 24.8 Å². The molecule has 15 heavy (non-hydrogen) atoms. The molecule has 0 saturated carbocycles. The van der Waals surface area contributed by atoms with Crippen LogP contribution in [0.4, 0.5) is 0 Å². The molecule has 0 aromatic heterocycles. The van der Waals surface area contributed by atoms with E-state index in [1.54, 1.807) is 19.1 Å². The molecule has 79 valence electrons. The summed E-state index contributed by atoms with van der Waals surface area (Å²) >= 11 is 0. The molecule has 0 unspecified atom stereocenters. The maximum absolute atomic E-state index is 10.7. The highest BCUT2D eigenvalue weighted by Gasteiger charge is 2.04. The zero-order valence-corrected chi connectivity index (χ0v) is 8.62. The summed E-state index contributed by atoms with van der Waals surface area (Å²) in [5, 5.41) is 9.64. The van der Waals surface area contributed by atoms with Crippen LogP contribution in [-0.4, -0.2) is 17.7 Å². The number of hydrogen-bond donors (Lipinski definition) is 1. The fourth-order valence-corrected chi connectivity index (χ4v) is 1.17. The summed E-state index contributed by atoms with van der Waals surface area (Å²) in [5.41, 5.74) is 1.49. The Morgan fingerprint density at radius 3 is 3.07 bits per heavy atom. The summed E-state index contributed by atoms with van der Waals surface area (Å²) in [6.45, 7) is 5.32. The van der Waals surface area contributed by atoms with Crippen molar-refractivity contribution >= 4 is 5.97 Å². The fraction of sp³-hybridized carbons (Fsp3) is 0.250. The van der Waals surface area contributed by atoms with Gasteiger partial charge in [-0.1, -0.05) is 6.58 Å². The zero-order chi connectivity index (χ0) is 11.3. The Morgan fingerprint density at radius 1 is 1.67 bits per heavy atom. The average Bonchev–Trinajstić information content (AvgIpc) is 2.24. The lowest BCUT2D eigenvalue weighted by Crippen LogP contribution is -2.04. The molecule has 0 fully saturated rings. The Morgan fingerprint density at radius 2 is 2.40 bits per heavy atom. The first-order valence-corrected chi connectivity index (χ1v) is 4.63. The predicted octanol–water partition coefficient (Wildman–Crippen LogP) is 1.77. The summed E-state index contributed by atoms with van der Waals surface area (Å²) in [6.07, 6.45) is 1.59. The number of carbonyl (C=O) groups is 1. The topological polar surface area (TPSA) is 46.5 Å². The second kappa shape index (κ2) is 5.20. The third-order valence-corrected chi connectivity index (χ3v) is 2.02. The average molecular weight is 205 g/mol. The number of esters is 1. The van der Waals surface area contributed by atoms with Crippen molar-refractivity contribution in [3.63, 3.8) is 0 Å². The smallest absolute Gasteiger partial charge is 0.330 e. The maximum Gasteiger partial charge on any atom is 0.330 e. The van der Waals surface area contributed by atoms with Crippen molar-refractivity contribution < 1.29 is 14.6 Å². The van der Waals surface area contributed by atoms with Gasteiger partial charge >= 0.3 is 5.97 Å². The summed E-state index contributed by atoms with van der Waals surface area (Å²) in [7, 11) is 0. The SMILES string of the molecule is C=CC(=O)OCCc1c[c]cc(C)c1O. The predicted molar refractivity (Wildman–Crippen MR) is 56.5 cm³/mol. The normalized spacial score (nSPS) is 9.67. The van der Waals surface area contributed by atoms with Crippen LogP contribution in [0, 0.1) is 13.0 Å². The number of phenols is 1. The number of carbonyl (C=O) groups excluding carboxylic acids is 1. The van der Waals surface area contributed by atoms with Crippen molar-refractivity contribution in [2.24, 2.45) is 0 Å². The van der Waals surface area contributed by atoms with Crippen LogP contribution in [0.1, 0.15) is 11.1 Å². The van der Waals surface area contributed by atoms with E-state index in [1.165, 1.54) is 0 Å². The monoisotopic (exact) mass is 205 g/mol. The van der Waals surface area contributed by atoms with Crippen molar-refractivity contribution in [3.05, 3.63) is 42.0 Å². The highest BCUT2D eigenvalue weighted by atomic mass is 16.5. The van der Waals surface area contributed by atoms with E-state index < -0.39 is 5.97 Å². The first-order valence-electron chi connectivity index (χ1n) is 4.63. The van der Waals surface area contributed by atoms with Gasteiger partial charge in [-0.3, -0.25) is 0 Å². The Labute approximate surface area is 89.0 Å². The van der Waals surface area contributed by atoms with Crippen LogP contribution >= 0.6 is 0 Å². The van der Waals surface area contributed by atoms with E-state index in [2.05, 4.69) is 12.6 Å². The molecule has 3 nitrogen and oxygen atoms in total. The number of aromatic hydroxyl groups is 1. The number of rotatable bonds is 4. The van der Waals surface area contributed by atoms with E-state index in [-0.39, 0.29) is 12.4 Å². The zero-order valence-electron chi connectivity index (χ0n) is 8.62. The molecule has 1 aromatic rings. The molecule has 0 heterocycles. The number of benzene rings is 1. The lowest BCUT2D eigenvalue weighted by Gasteiger charge is -2.06. The van der Waals surface area contributed by atoms with Crippen molar-refractivity contribution in [3.8, 4) is 5.75 Å². The largest absolute Gasteiger partial charge is 0.507 e. The van der Waals surface area contributed by atoms with Gasteiger partial charge in [-0.25, -0.2) is 4.79 Å². The lowest BCUT2D eigenvalue weighted by molar-refractivity contribution is -0.137. The van der Waals surface area contributed by atoms with Crippen LogP contribution in [0.5, 0.6) is 5.75 Å². The highest BCUT2D eigenvalue weighted by molar-refractivity contribution is 5.81.